The molecule has 0 aliphatic rings. The molecule has 0 aromatic heterocycles. The molecule has 0 amide bonds. The summed E-state index contributed by atoms with van der Waals surface area (Å²) in [6.07, 6.45) is 0. The molecule has 21 heavy (non-hydrogen) atoms. The molecule has 0 saturated heterocycles. The van der Waals surface area contributed by atoms with Crippen molar-refractivity contribution in [1.29, 1.82) is 0 Å². The first-order valence-corrected chi connectivity index (χ1v) is 7.04. The molecule has 2 aromatic carbocycles. The van der Waals surface area contributed by atoms with Gasteiger partial charge in [-0.05, 0) is 35.9 Å². The first-order chi connectivity index (χ1) is 10.0. The van der Waals surface area contributed by atoms with Crippen molar-refractivity contribution in [2.75, 3.05) is 11.9 Å². The second-order valence-corrected chi connectivity index (χ2v) is 5.45. The van der Waals surface area contributed by atoms with Crippen molar-refractivity contribution in [1.82, 2.24) is 0 Å². The SMILES string of the molecule is CN(Cc1cc(F)ccc1Br)c1ccccc1/C(N)=N/O. The topological polar surface area (TPSA) is 61.8 Å². The summed E-state index contributed by atoms with van der Waals surface area (Å²) in [6.45, 7) is 0.480. The van der Waals surface area contributed by atoms with Gasteiger partial charge >= 0.3 is 0 Å². The van der Waals surface area contributed by atoms with Crippen molar-refractivity contribution < 1.29 is 9.60 Å². The van der Waals surface area contributed by atoms with E-state index in [2.05, 4.69) is 21.1 Å². The zero-order chi connectivity index (χ0) is 15.4. The Morgan fingerprint density at radius 2 is 2.05 bits per heavy atom. The Bertz CT molecular complexity index is 676. The molecule has 0 fully saturated rings. The maximum Gasteiger partial charge on any atom is 0.172 e. The Hall–Kier alpha value is -2.08. The van der Waals surface area contributed by atoms with Crippen LogP contribution in [0.15, 0.2) is 52.1 Å². The average Bonchev–Trinajstić information content (AvgIpc) is 2.50. The van der Waals surface area contributed by atoms with Gasteiger partial charge in [-0.1, -0.05) is 33.2 Å². The molecule has 0 aliphatic heterocycles. The molecule has 0 aliphatic carbocycles. The number of rotatable bonds is 4. The highest BCUT2D eigenvalue weighted by Gasteiger charge is 2.12. The molecule has 0 atom stereocenters. The van der Waals surface area contributed by atoms with E-state index in [-0.39, 0.29) is 11.7 Å². The Balaban J connectivity index is 2.33. The van der Waals surface area contributed by atoms with Crippen LogP contribution in [0.2, 0.25) is 0 Å². The van der Waals surface area contributed by atoms with Crippen molar-refractivity contribution >= 4 is 27.5 Å². The van der Waals surface area contributed by atoms with E-state index in [4.69, 9.17) is 10.9 Å². The molecule has 6 heteroatoms. The van der Waals surface area contributed by atoms with E-state index in [1.165, 1.54) is 12.1 Å². The lowest BCUT2D eigenvalue weighted by molar-refractivity contribution is 0.318. The lowest BCUT2D eigenvalue weighted by Gasteiger charge is -2.22. The number of oxime groups is 1. The highest BCUT2D eigenvalue weighted by Crippen LogP contribution is 2.24. The van der Waals surface area contributed by atoms with E-state index in [0.29, 0.717) is 12.1 Å². The number of anilines is 1. The molecule has 2 aromatic rings. The van der Waals surface area contributed by atoms with Crippen LogP contribution >= 0.6 is 15.9 Å². The van der Waals surface area contributed by atoms with Gasteiger partial charge in [-0.2, -0.15) is 0 Å². The van der Waals surface area contributed by atoms with Gasteiger partial charge in [-0.25, -0.2) is 4.39 Å². The van der Waals surface area contributed by atoms with Crippen molar-refractivity contribution in [3.8, 4) is 0 Å². The summed E-state index contributed by atoms with van der Waals surface area (Å²) >= 11 is 3.41. The molecule has 0 saturated carbocycles. The van der Waals surface area contributed by atoms with E-state index in [0.717, 1.165) is 15.7 Å². The smallest absolute Gasteiger partial charge is 0.172 e. The van der Waals surface area contributed by atoms with Gasteiger partial charge in [-0.3, -0.25) is 0 Å². The van der Waals surface area contributed by atoms with Gasteiger partial charge in [0.2, 0.25) is 0 Å². The summed E-state index contributed by atoms with van der Waals surface area (Å²) in [7, 11) is 1.86. The van der Waals surface area contributed by atoms with Crippen molar-refractivity contribution in [2.24, 2.45) is 10.9 Å². The van der Waals surface area contributed by atoms with E-state index in [1.54, 1.807) is 12.1 Å². The molecule has 110 valence electrons. The predicted octanol–water partition coefficient (Wildman–Crippen LogP) is 3.32. The van der Waals surface area contributed by atoms with Gasteiger partial charge in [0, 0.05) is 29.3 Å². The maximum absolute atomic E-state index is 13.4. The van der Waals surface area contributed by atoms with Gasteiger partial charge in [0.25, 0.3) is 0 Å². The first kappa shape index (κ1) is 15.3. The molecule has 3 N–H and O–H groups in total. The molecular weight excluding hydrogens is 337 g/mol. The number of para-hydroxylation sites is 1. The number of nitrogens with zero attached hydrogens (tertiary/aromatic N) is 2. The largest absolute Gasteiger partial charge is 0.409 e. The molecule has 2 rings (SSSR count). The summed E-state index contributed by atoms with van der Waals surface area (Å²) in [5, 5.41) is 11.9. The Morgan fingerprint density at radius 3 is 2.76 bits per heavy atom. The summed E-state index contributed by atoms with van der Waals surface area (Å²) in [4.78, 5) is 1.91. The molecule has 4 nitrogen and oxygen atoms in total. The van der Waals surface area contributed by atoms with E-state index in [1.807, 2.05) is 30.1 Å². The standard InChI is InChI=1S/C15H15BrFN3O/c1-20(9-10-8-11(17)6-7-13(10)16)14-5-3-2-4-12(14)15(18)19-21/h2-8,21H,9H2,1H3,(H2,18,19). The van der Waals surface area contributed by atoms with Crippen LogP contribution in [-0.4, -0.2) is 18.1 Å². The Kier molecular flexibility index (Phi) is 4.80. The lowest BCUT2D eigenvalue weighted by Crippen LogP contribution is -2.22. The van der Waals surface area contributed by atoms with Crippen LogP contribution in [0.1, 0.15) is 11.1 Å². The normalized spacial score (nSPS) is 11.5. The molecular formula is C15H15BrFN3O. The number of amidine groups is 1. The number of benzene rings is 2. The Labute approximate surface area is 130 Å². The summed E-state index contributed by atoms with van der Waals surface area (Å²) in [5.74, 6) is -0.248. The van der Waals surface area contributed by atoms with Crippen LogP contribution < -0.4 is 10.6 Å². The fraction of sp³-hybridized carbons (Fsp3) is 0.133. The van der Waals surface area contributed by atoms with Gasteiger partial charge in [0.05, 0.1) is 0 Å². The molecule has 0 unspecified atom stereocenters. The number of halogens is 2. The highest BCUT2D eigenvalue weighted by molar-refractivity contribution is 9.10. The minimum absolute atomic E-state index is 0.0377. The zero-order valence-corrected chi connectivity index (χ0v) is 13.0. The van der Waals surface area contributed by atoms with Crippen LogP contribution in [0.4, 0.5) is 10.1 Å². The third-order valence-electron chi connectivity index (χ3n) is 3.11. The summed E-state index contributed by atoms with van der Waals surface area (Å²) < 4.78 is 14.2. The van der Waals surface area contributed by atoms with Crippen LogP contribution in [0.3, 0.4) is 0 Å². The molecule has 0 radical (unpaired) electrons. The maximum atomic E-state index is 13.4. The average molecular weight is 352 g/mol. The third kappa shape index (κ3) is 3.52. The minimum atomic E-state index is -0.286. The fourth-order valence-electron chi connectivity index (χ4n) is 2.08. The second kappa shape index (κ2) is 6.58. The number of hydrogen-bond acceptors (Lipinski definition) is 3. The molecule has 0 spiro atoms. The van der Waals surface area contributed by atoms with Gasteiger partial charge in [0.1, 0.15) is 5.82 Å². The van der Waals surface area contributed by atoms with E-state index < -0.39 is 0 Å². The monoisotopic (exact) mass is 351 g/mol. The van der Waals surface area contributed by atoms with Gasteiger partial charge in [-0.15, -0.1) is 0 Å². The number of nitrogens with two attached hydrogens (primary N) is 1. The summed E-state index contributed by atoms with van der Waals surface area (Å²) in [5.41, 5.74) is 7.91. The van der Waals surface area contributed by atoms with Crippen LogP contribution in [0.5, 0.6) is 0 Å². The fourth-order valence-corrected chi connectivity index (χ4v) is 2.45. The van der Waals surface area contributed by atoms with Gasteiger partial charge in [0.15, 0.2) is 5.84 Å². The van der Waals surface area contributed by atoms with Gasteiger partial charge < -0.3 is 15.8 Å². The third-order valence-corrected chi connectivity index (χ3v) is 3.89. The summed E-state index contributed by atoms with van der Waals surface area (Å²) in [6, 6.07) is 11.9. The lowest BCUT2D eigenvalue weighted by atomic mass is 10.1. The van der Waals surface area contributed by atoms with Crippen LogP contribution in [-0.2, 0) is 6.54 Å². The second-order valence-electron chi connectivity index (χ2n) is 4.59. The minimum Gasteiger partial charge on any atom is -0.409 e. The predicted molar refractivity (Wildman–Crippen MR) is 85.2 cm³/mol. The zero-order valence-electron chi connectivity index (χ0n) is 11.4. The van der Waals surface area contributed by atoms with E-state index in [9.17, 15) is 4.39 Å². The quantitative estimate of drug-likeness (QED) is 0.384. The van der Waals surface area contributed by atoms with Crippen molar-refractivity contribution in [3.63, 3.8) is 0 Å². The van der Waals surface area contributed by atoms with Crippen molar-refractivity contribution in [3.05, 3.63) is 63.9 Å². The van der Waals surface area contributed by atoms with Crippen LogP contribution in [0, 0.1) is 5.82 Å². The first-order valence-electron chi connectivity index (χ1n) is 6.25. The van der Waals surface area contributed by atoms with Crippen LogP contribution in [0.25, 0.3) is 0 Å². The molecule has 0 heterocycles. The van der Waals surface area contributed by atoms with Crippen molar-refractivity contribution in [2.45, 2.75) is 6.54 Å². The molecule has 0 bridgehead atoms. The highest BCUT2D eigenvalue weighted by atomic mass is 79.9. The van der Waals surface area contributed by atoms with E-state index >= 15 is 0 Å². The number of hydrogen-bond donors (Lipinski definition) is 2. The Morgan fingerprint density at radius 1 is 1.33 bits per heavy atom.